The molecule has 0 amide bonds. The summed E-state index contributed by atoms with van der Waals surface area (Å²) in [5, 5.41) is 25.1. The Bertz CT molecular complexity index is 2150. The molecule has 0 unspecified atom stereocenters. The molecular weight excluding hydrogens is 572 g/mol. The lowest BCUT2D eigenvalue weighted by atomic mass is 9.83. The summed E-state index contributed by atoms with van der Waals surface area (Å²) in [5.74, 6) is -1.70. The minimum atomic E-state index is -1.16. The first-order valence-corrected chi connectivity index (χ1v) is 14.4. The van der Waals surface area contributed by atoms with Gasteiger partial charge in [-0.3, -0.25) is 18.7 Å². The lowest BCUT2D eigenvalue weighted by Crippen LogP contribution is -2.31. The van der Waals surface area contributed by atoms with E-state index in [0.29, 0.717) is 43.8 Å². The van der Waals surface area contributed by atoms with Crippen molar-refractivity contribution in [3.05, 3.63) is 176 Å². The van der Waals surface area contributed by atoms with Gasteiger partial charge in [-0.05, 0) is 66.2 Å². The number of benzene rings is 5. The Morgan fingerprint density at radius 3 is 1.32 bits per heavy atom. The molecular formula is C37H25ClN2O4. The predicted octanol–water partition coefficient (Wildman–Crippen LogP) is 7.54. The second kappa shape index (κ2) is 10.9. The molecule has 2 N–H and O–H groups in total. The van der Waals surface area contributed by atoms with E-state index >= 15 is 0 Å². The highest BCUT2D eigenvalue weighted by molar-refractivity contribution is 6.30. The summed E-state index contributed by atoms with van der Waals surface area (Å²) >= 11 is 6.27. The lowest BCUT2D eigenvalue weighted by Gasteiger charge is -2.24. The normalized spacial score (nSPS) is 11.4. The molecule has 0 saturated carbocycles. The molecule has 7 heteroatoms. The number of hydrogen-bond donors (Lipinski definition) is 2. The number of hydrogen-bond acceptors (Lipinski definition) is 4. The quantitative estimate of drug-likeness (QED) is 0.215. The summed E-state index contributed by atoms with van der Waals surface area (Å²) in [7, 11) is 0. The molecule has 7 rings (SSSR count). The van der Waals surface area contributed by atoms with Crippen molar-refractivity contribution in [2.75, 3.05) is 0 Å². The molecule has 0 fully saturated rings. The van der Waals surface area contributed by atoms with Crippen LogP contribution < -0.4 is 11.1 Å². The van der Waals surface area contributed by atoms with Crippen molar-refractivity contribution in [3.63, 3.8) is 0 Å². The summed E-state index contributed by atoms with van der Waals surface area (Å²) in [6, 6.07) is 39.1. The van der Waals surface area contributed by atoms with Crippen molar-refractivity contribution in [2.24, 2.45) is 0 Å². The number of para-hydroxylation sites is 4. The number of halogens is 1. The van der Waals surface area contributed by atoms with Crippen LogP contribution in [-0.4, -0.2) is 19.3 Å². The molecule has 0 aliphatic rings. The van der Waals surface area contributed by atoms with Gasteiger partial charge in [-0.1, -0.05) is 84.4 Å². The van der Waals surface area contributed by atoms with Gasteiger partial charge >= 0.3 is 0 Å². The van der Waals surface area contributed by atoms with Gasteiger partial charge in [-0.2, -0.15) is 0 Å². The first kappa shape index (κ1) is 27.3. The molecule has 0 saturated heterocycles. The van der Waals surface area contributed by atoms with Gasteiger partial charge in [0.25, 0.3) is 11.1 Å². The van der Waals surface area contributed by atoms with E-state index in [2.05, 4.69) is 0 Å². The average Bonchev–Trinajstić information content (AvgIpc) is 3.06. The number of rotatable bonds is 5. The first-order chi connectivity index (χ1) is 21.5. The highest BCUT2D eigenvalue weighted by Crippen LogP contribution is 2.42. The van der Waals surface area contributed by atoms with E-state index in [1.165, 1.54) is 9.13 Å². The van der Waals surface area contributed by atoms with Crippen molar-refractivity contribution >= 4 is 33.4 Å². The third-order valence-electron chi connectivity index (χ3n) is 7.99. The summed E-state index contributed by atoms with van der Waals surface area (Å²) < 4.78 is 3.06. The van der Waals surface area contributed by atoms with E-state index in [1.54, 1.807) is 72.8 Å². The van der Waals surface area contributed by atoms with Crippen molar-refractivity contribution in [3.8, 4) is 22.9 Å². The van der Waals surface area contributed by atoms with Crippen molar-refractivity contribution in [1.82, 2.24) is 9.13 Å². The maximum Gasteiger partial charge on any atom is 0.263 e. The van der Waals surface area contributed by atoms with E-state index in [4.69, 9.17) is 11.6 Å². The van der Waals surface area contributed by atoms with E-state index in [-0.39, 0.29) is 22.6 Å². The summed E-state index contributed by atoms with van der Waals surface area (Å²) in [5.41, 5.74) is 1.56. The molecule has 0 aliphatic heterocycles. The maximum atomic E-state index is 14.7. The van der Waals surface area contributed by atoms with E-state index in [9.17, 15) is 19.8 Å². The molecule has 44 heavy (non-hydrogen) atoms. The van der Waals surface area contributed by atoms with Crippen LogP contribution in [0.15, 0.2) is 143 Å². The fraction of sp³-hybridized carbons (Fsp3) is 0.0270. The van der Waals surface area contributed by atoms with Crippen LogP contribution in [0.3, 0.4) is 0 Å². The van der Waals surface area contributed by atoms with Gasteiger partial charge in [-0.25, -0.2) is 0 Å². The number of aromatic nitrogens is 2. The fourth-order valence-corrected chi connectivity index (χ4v) is 6.14. The molecule has 0 radical (unpaired) electrons. The zero-order valence-electron chi connectivity index (χ0n) is 23.3. The summed E-state index contributed by atoms with van der Waals surface area (Å²) in [4.78, 5) is 29.4. The third kappa shape index (κ3) is 4.35. The second-order valence-corrected chi connectivity index (χ2v) is 10.9. The molecule has 0 spiro atoms. The zero-order chi connectivity index (χ0) is 30.4. The largest absolute Gasteiger partial charge is 0.507 e. The van der Waals surface area contributed by atoms with Crippen LogP contribution in [0, 0.1) is 0 Å². The molecule has 0 aliphatic carbocycles. The fourth-order valence-electron chi connectivity index (χ4n) is 6.01. The lowest BCUT2D eigenvalue weighted by molar-refractivity contribution is 0.461. The molecule has 0 bridgehead atoms. The van der Waals surface area contributed by atoms with Crippen LogP contribution in [-0.2, 0) is 0 Å². The summed E-state index contributed by atoms with van der Waals surface area (Å²) in [6.45, 7) is 0. The van der Waals surface area contributed by atoms with Gasteiger partial charge in [-0.15, -0.1) is 0 Å². The molecule has 5 aromatic carbocycles. The van der Waals surface area contributed by atoms with Crippen LogP contribution in [0.5, 0.6) is 11.5 Å². The minimum Gasteiger partial charge on any atom is -0.507 e. The van der Waals surface area contributed by atoms with Gasteiger partial charge in [0.1, 0.15) is 11.5 Å². The Kier molecular flexibility index (Phi) is 6.76. The van der Waals surface area contributed by atoms with Gasteiger partial charge < -0.3 is 10.2 Å². The van der Waals surface area contributed by atoms with Crippen LogP contribution in [0.4, 0.5) is 0 Å². The standard InChI is InChI=1S/C37H25ClN2O4/c38-24-21-19-23(20-22-24)31(32-34(41)27-15-7-9-17-29(27)39(36(32)43)25-11-3-1-4-12-25)33-35(42)28-16-8-10-18-30(28)40(37(33)44)26-13-5-2-6-14-26/h1-22,31,41-42H. The number of fused-ring (bicyclic) bond motifs is 2. The highest BCUT2D eigenvalue weighted by atomic mass is 35.5. The molecule has 2 aromatic heterocycles. The molecule has 0 atom stereocenters. The minimum absolute atomic E-state index is 0.0443. The monoisotopic (exact) mass is 596 g/mol. The number of aromatic hydroxyl groups is 2. The van der Waals surface area contributed by atoms with E-state index in [0.717, 1.165) is 0 Å². The maximum absolute atomic E-state index is 14.7. The van der Waals surface area contributed by atoms with Crippen LogP contribution in [0.2, 0.25) is 5.02 Å². The second-order valence-electron chi connectivity index (χ2n) is 10.5. The topological polar surface area (TPSA) is 84.5 Å². The SMILES string of the molecule is O=c1c(C(c2ccc(Cl)cc2)c2c(O)c3ccccc3n(-c3ccccc3)c2=O)c(O)c2ccccc2n1-c1ccccc1. The van der Waals surface area contributed by atoms with Gasteiger partial charge in [0.15, 0.2) is 0 Å². The predicted molar refractivity (Wildman–Crippen MR) is 175 cm³/mol. The van der Waals surface area contributed by atoms with Gasteiger partial charge in [0, 0.05) is 27.2 Å². The van der Waals surface area contributed by atoms with Crippen LogP contribution in [0.25, 0.3) is 33.2 Å². The van der Waals surface area contributed by atoms with Crippen LogP contribution in [0.1, 0.15) is 22.6 Å². The van der Waals surface area contributed by atoms with Crippen molar-refractivity contribution in [2.45, 2.75) is 5.92 Å². The number of nitrogens with zero attached hydrogens (tertiary/aromatic N) is 2. The third-order valence-corrected chi connectivity index (χ3v) is 8.24. The van der Waals surface area contributed by atoms with Crippen molar-refractivity contribution < 1.29 is 10.2 Å². The Balaban J connectivity index is 1.67. The van der Waals surface area contributed by atoms with E-state index < -0.39 is 17.0 Å². The Morgan fingerprint density at radius 1 is 0.500 bits per heavy atom. The summed E-state index contributed by atoms with van der Waals surface area (Å²) in [6.07, 6.45) is 0. The van der Waals surface area contributed by atoms with Gasteiger partial charge in [0.2, 0.25) is 0 Å². The molecule has 2 heterocycles. The highest BCUT2D eigenvalue weighted by Gasteiger charge is 2.33. The van der Waals surface area contributed by atoms with E-state index in [1.807, 2.05) is 60.7 Å². The molecule has 7 aromatic rings. The zero-order valence-corrected chi connectivity index (χ0v) is 24.0. The van der Waals surface area contributed by atoms with Crippen molar-refractivity contribution in [1.29, 1.82) is 0 Å². The average molecular weight is 597 g/mol. The van der Waals surface area contributed by atoms with Crippen LogP contribution >= 0.6 is 11.6 Å². The van der Waals surface area contributed by atoms with Gasteiger partial charge in [0.05, 0.1) is 28.1 Å². The number of pyridine rings is 2. The Labute approximate surface area is 256 Å². The molecule has 214 valence electrons. The Morgan fingerprint density at radius 2 is 0.886 bits per heavy atom. The smallest absolute Gasteiger partial charge is 0.263 e. The molecule has 6 nitrogen and oxygen atoms in total. The first-order valence-electron chi connectivity index (χ1n) is 14.0. The Hall–Kier alpha value is -5.59.